The van der Waals surface area contributed by atoms with Crippen LogP contribution in [0, 0.1) is 0 Å². The molecule has 0 heterocycles. The molecule has 0 atom stereocenters. The molecule has 0 unspecified atom stereocenters. The summed E-state index contributed by atoms with van der Waals surface area (Å²) < 4.78 is 52.4. The topological polar surface area (TPSA) is 76.1 Å². The van der Waals surface area contributed by atoms with E-state index in [9.17, 15) is 27.9 Å². The molecule has 1 amide bonds. The first-order chi connectivity index (χ1) is 18.7. The lowest BCUT2D eigenvalue weighted by Gasteiger charge is -2.29. The fourth-order valence-electron chi connectivity index (χ4n) is 4.96. The molecule has 0 spiro atoms. The number of carboxylic acid groups (broad SMARTS) is 1. The summed E-state index contributed by atoms with van der Waals surface area (Å²) in [6.07, 6.45) is -2.16. The Kier molecular flexibility index (Phi) is 8.79. The second kappa shape index (κ2) is 12.2. The molecule has 0 saturated heterocycles. The fraction of sp³-hybridized carbons (Fsp3) is 0.333. The lowest BCUT2D eigenvalue weighted by Crippen LogP contribution is -2.38. The number of aliphatic carboxylic acids is 1. The molecule has 0 radical (unpaired) electrons. The summed E-state index contributed by atoms with van der Waals surface area (Å²) in [4.78, 5) is 26.2. The number of carbonyl (C=O) groups excluding carboxylic acids is 1. The van der Waals surface area contributed by atoms with E-state index in [1.54, 1.807) is 18.2 Å². The number of ether oxygens (including phenoxy) is 2. The van der Waals surface area contributed by atoms with Gasteiger partial charge < -0.3 is 19.5 Å². The highest BCUT2D eigenvalue weighted by Gasteiger charge is 2.33. The number of carbonyl (C=O) groups is 2. The quantitative estimate of drug-likeness (QED) is 0.313. The summed E-state index contributed by atoms with van der Waals surface area (Å²) in [6, 6.07) is 17.2. The van der Waals surface area contributed by atoms with Gasteiger partial charge in [0.1, 0.15) is 12.4 Å². The summed E-state index contributed by atoms with van der Waals surface area (Å²) in [7, 11) is 1.44. The highest BCUT2D eigenvalue weighted by Crippen LogP contribution is 2.39. The van der Waals surface area contributed by atoms with Crippen molar-refractivity contribution < 1.29 is 37.3 Å². The van der Waals surface area contributed by atoms with Crippen LogP contribution in [-0.2, 0) is 35.3 Å². The zero-order valence-electron chi connectivity index (χ0n) is 21.5. The number of carboxylic acids is 1. The van der Waals surface area contributed by atoms with Crippen LogP contribution in [0.15, 0.2) is 66.7 Å². The third kappa shape index (κ3) is 7.10. The monoisotopic (exact) mass is 541 g/mol. The summed E-state index contributed by atoms with van der Waals surface area (Å²) >= 11 is 0. The van der Waals surface area contributed by atoms with E-state index >= 15 is 0 Å². The maximum Gasteiger partial charge on any atom is 0.416 e. The minimum absolute atomic E-state index is 0.0450. The summed E-state index contributed by atoms with van der Waals surface area (Å²) in [5.74, 6) is -0.656. The molecule has 1 aliphatic carbocycles. The molecule has 1 aliphatic rings. The zero-order chi connectivity index (χ0) is 28.0. The average molecular weight is 542 g/mol. The van der Waals surface area contributed by atoms with Gasteiger partial charge in [0, 0.05) is 18.2 Å². The number of alkyl halides is 3. The Morgan fingerprint density at radius 1 is 0.949 bits per heavy atom. The van der Waals surface area contributed by atoms with Crippen molar-refractivity contribution in [3.63, 3.8) is 0 Å². The van der Waals surface area contributed by atoms with Gasteiger partial charge in [-0.15, -0.1) is 0 Å². The molecule has 0 bridgehead atoms. The van der Waals surface area contributed by atoms with Gasteiger partial charge in [-0.2, -0.15) is 13.2 Å². The number of benzene rings is 3. The molecule has 3 aromatic rings. The number of rotatable bonds is 9. The highest BCUT2D eigenvalue weighted by molar-refractivity contribution is 5.77. The smallest absolute Gasteiger partial charge is 0.416 e. The minimum atomic E-state index is -4.59. The Labute approximate surface area is 225 Å². The van der Waals surface area contributed by atoms with E-state index in [4.69, 9.17) is 9.47 Å². The van der Waals surface area contributed by atoms with Crippen molar-refractivity contribution in [1.82, 2.24) is 4.90 Å². The van der Waals surface area contributed by atoms with E-state index < -0.39 is 23.8 Å². The van der Waals surface area contributed by atoms with Gasteiger partial charge >= 0.3 is 18.2 Å². The van der Waals surface area contributed by atoms with Crippen LogP contribution in [0.2, 0.25) is 0 Å². The molecule has 39 heavy (non-hydrogen) atoms. The first-order valence-electron chi connectivity index (χ1n) is 12.7. The van der Waals surface area contributed by atoms with Crippen LogP contribution in [0.25, 0.3) is 11.1 Å². The fourth-order valence-corrected chi connectivity index (χ4v) is 4.96. The van der Waals surface area contributed by atoms with Gasteiger partial charge in [-0.3, -0.25) is 4.79 Å². The normalized spacial score (nSPS) is 13.7. The Morgan fingerprint density at radius 3 is 2.31 bits per heavy atom. The van der Waals surface area contributed by atoms with E-state index in [1.165, 1.54) is 18.1 Å². The van der Waals surface area contributed by atoms with E-state index in [0.29, 0.717) is 22.4 Å². The molecule has 1 fully saturated rings. The predicted octanol–water partition coefficient (Wildman–Crippen LogP) is 7.09. The Hall–Kier alpha value is -4.01. The molecular weight excluding hydrogens is 511 g/mol. The van der Waals surface area contributed by atoms with Crippen molar-refractivity contribution in [2.45, 2.75) is 57.5 Å². The van der Waals surface area contributed by atoms with Crippen LogP contribution in [0.3, 0.4) is 0 Å². The number of hydrogen-bond donors (Lipinski definition) is 1. The third-order valence-corrected chi connectivity index (χ3v) is 6.89. The molecule has 6 nitrogen and oxygen atoms in total. The third-order valence-electron chi connectivity index (χ3n) is 6.89. The molecule has 1 N–H and O–H groups in total. The number of nitrogens with zero attached hydrogens (tertiary/aromatic N) is 1. The average Bonchev–Trinajstić information content (AvgIpc) is 3.45. The highest BCUT2D eigenvalue weighted by atomic mass is 19.4. The first kappa shape index (κ1) is 28.0. The van der Waals surface area contributed by atoms with Crippen LogP contribution >= 0.6 is 0 Å². The van der Waals surface area contributed by atoms with Gasteiger partial charge in [-0.25, -0.2) is 4.79 Å². The van der Waals surface area contributed by atoms with Crippen LogP contribution < -0.4 is 4.74 Å². The van der Waals surface area contributed by atoms with Gasteiger partial charge in [0.2, 0.25) is 0 Å². The number of halogens is 3. The zero-order valence-corrected chi connectivity index (χ0v) is 21.5. The van der Waals surface area contributed by atoms with Crippen molar-refractivity contribution in [1.29, 1.82) is 0 Å². The number of hydrogen-bond acceptors (Lipinski definition) is 4. The molecule has 0 aliphatic heterocycles. The lowest BCUT2D eigenvalue weighted by atomic mass is 9.94. The van der Waals surface area contributed by atoms with E-state index in [1.807, 2.05) is 30.3 Å². The van der Waals surface area contributed by atoms with Gasteiger partial charge in [-0.1, -0.05) is 55.3 Å². The second-order valence-electron chi connectivity index (χ2n) is 9.58. The Bertz CT molecular complexity index is 1300. The van der Waals surface area contributed by atoms with E-state index in [-0.39, 0.29) is 31.2 Å². The van der Waals surface area contributed by atoms with E-state index in [0.717, 1.165) is 43.4 Å². The Balaban J connectivity index is 1.74. The van der Waals surface area contributed by atoms with Gasteiger partial charge in [-0.05, 0) is 59.4 Å². The largest absolute Gasteiger partial charge is 0.496 e. The van der Waals surface area contributed by atoms with Crippen molar-refractivity contribution in [3.8, 4) is 16.9 Å². The SMILES string of the molecule is COc1ccc(CC(=O)O)cc1-c1ccc(C(F)(F)F)cc1CN(C(=O)OCc1ccccc1)C1CCCC1. The Morgan fingerprint density at radius 2 is 1.67 bits per heavy atom. The molecular formula is C30H30F3NO5. The molecule has 206 valence electrons. The molecule has 4 rings (SSSR count). The summed E-state index contributed by atoms with van der Waals surface area (Å²) in [6.45, 7) is -0.0622. The molecule has 3 aromatic carbocycles. The van der Waals surface area contributed by atoms with Crippen LogP contribution in [-0.4, -0.2) is 35.2 Å². The van der Waals surface area contributed by atoms with E-state index in [2.05, 4.69) is 0 Å². The maximum absolute atomic E-state index is 13.8. The number of methoxy groups -OCH3 is 1. The van der Waals surface area contributed by atoms with Crippen LogP contribution in [0.1, 0.15) is 47.9 Å². The molecule has 0 aromatic heterocycles. The second-order valence-corrected chi connectivity index (χ2v) is 9.58. The molecule has 1 saturated carbocycles. The standard InChI is InChI=1S/C30H30F3NO5/c1-38-27-14-11-21(16-28(35)36)15-26(27)25-13-12-23(30(31,32)33)17-22(25)18-34(24-9-5-6-10-24)29(37)39-19-20-7-3-2-4-8-20/h2-4,7-8,11-15,17,24H,5-6,9-10,16,18-19H2,1H3,(H,35,36). The van der Waals surface area contributed by atoms with Gasteiger partial charge in [0.15, 0.2) is 0 Å². The predicted molar refractivity (Wildman–Crippen MR) is 139 cm³/mol. The van der Waals surface area contributed by atoms with Gasteiger partial charge in [0.05, 0.1) is 19.1 Å². The van der Waals surface area contributed by atoms with Crippen molar-refractivity contribution in [2.75, 3.05) is 7.11 Å². The summed E-state index contributed by atoms with van der Waals surface area (Å²) in [5.41, 5.74) is 1.57. The maximum atomic E-state index is 13.8. The van der Waals surface area contributed by atoms with Crippen LogP contribution in [0.4, 0.5) is 18.0 Å². The molecule has 9 heteroatoms. The van der Waals surface area contributed by atoms with Crippen molar-refractivity contribution in [3.05, 3.63) is 89.0 Å². The van der Waals surface area contributed by atoms with Crippen molar-refractivity contribution in [2.24, 2.45) is 0 Å². The summed E-state index contributed by atoms with van der Waals surface area (Å²) in [5, 5.41) is 9.26. The minimum Gasteiger partial charge on any atom is -0.496 e. The number of amides is 1. The first-order valence-corrected chi connectivity index (χ1v) is 12.7. The van der Waals surface area contributed by atoms with Crippen molar-refractivity contribution >= 4 is 12.1 Å². The van der Waals surface area contributed by atoms with Crippen LogP contribution in [0.5, 0.6) is 5.75 Å². The lowest BCUT2D eigenvalue weighted by molar-refractivity contribution is -0.138. The van der Waals surface area contributed by atoms with Gasteiger partial charge in [0.25, 0.3) is 0 Å².